The molecule has 0 spiro atoms. The lowest BCUT2D eigenvalue weighted by Crippen LogP contribution is -2.43. The summed E-state index contributed by atoms with van der Waals surface area (Å²) in [4.78, 5) is 12.8. The van der Waals surface area contributed by atoms with Gasteiger partial charge in [-0.15, -0.1) is 0 Å². The number of carbonyl (C=O) groups is 1. The fourth-order valence-corrected chi connectivity index (χ4v) is 6.08. The van der Waals surface area contributed by atoms with Crippen molar-refractivity contribution in [3.63, 3.8) is 0 Å². The Hall–Kier alpha value is -2.00. The predicted octanol–water partition coefficient (Wildman–Crippen LogP) is 5.89. The van der Waals surface area contributed by atoms with E-state index < -0.39 is 23.6 Å². The van der Waals surface area contributed by atoms with Crippen LogP contribution in [0, 0.1) is 16.7 Å². The maximum absolute atomic E-state index is 13.9. The average Bonchev–Trinajstić information content (AvgIpc) is 3.00. The van der Waals surface area contributed by atoms with Crippen molar-refractivity contribution in [2.45, 2.75) is 89.7 Å². The van der Waals surface area contributed by atoms with Gasteiger partial charge < -0.3 is 42.6 Å². The molecule has 1 aromatic rings. The molecule has 10 nitrogen and oxygen atoms in total. The van der Waals surface area contributed by atoms with E-state index in [9.17, 15) is 18.0 Å². The normalized spacial score (nSPS) is 27.3. The Morgan fingerprint density at radius 2 is 1.24 bits per heavy atom. The fraction of sp³-hybridized carbons (Fsp3) is 0.788. The monoisotopic (exact) mass is 660 g/mol. The van der Waals surface area contributed by atoms with Crippen LogP contribution in [0.2, 0.25) is 0 Å². The molecule has 46 heavy (non-hydrogen) atoms. The molecule has 13 heteroatoms. The molecule has 2 heterocycles. The van der Waals surface area contributed by atoms with Gasteiger partial charge in [0.1, 0.15) is 30.6 Å². The van der Waals surface area contributed by atoms with Gasteiger partial charge in [-0.3, -0.25) is 4.79 Å². The molecule has 4 fully saturated rings. The van der Waals surface area contributed by atoms with Crippen molar-refractivity contribution in [2.24, 2.45) is 16.7 Å². The van der Waals surface area contributed by atoms with Crippen molar-refractivity contribution >= 4 is 5.97 Å². The molecule has 1 aromatic carbocycles. The van der Waals surface area contributed by atoms with Crippen LogP contribution in [0.5, 0.6) is 11.5 Å². The largest absolute Gasteiger partial charge is 0.467 e. The first-order valence-corrected chi connectivity index (χ1v) is 16.2. The molecule has 2 aliphatic carbocycles. The number of esters is 1. The van der Waals surface area contributed by atoms with Crippen molar-refractivity contribution in [3.8, 4) is 11.5 Å². The van der Waals surface area contributed by atoms with Gasteiger partial charge in [-0.1, -0.05) is 13.8 Å². The van der Waals surface area contributed by atoms with Crippen molar-refractivity contribution in [1.29, 1.82) is 0 Å². The van der Waals surface area contributed by atoms with Gasteiger partial charge in [0.25, 0.3) is 0 Å². The predicted molar refractivity (Wildman–Crippen MR) is 157 cm³/mol. The number of hydrogen-bond acceptors (Lipinski definition) is 10. The minimum atomic E-state index is -4.71. The zero-order valence-corrected chi connectivity index (χ0v) is 26.8. The first kappa shape index (κ1) is 35.3. The molecule has 0 aromatic heterocycles. The molecule has 2 saturated heterocycles. The molecule has 0 amide bonds. The maximum Gasteiger partial charge on any atom is 0.420 e. The molecule has 4 aliphatic rings. The highest BCUT2D eigenvalue weighted by Gasteiger charge is 2.37. The number of carbonyl (C=O) groups excluding carboxylic acids is 1. The van der Waals surface area contributed by atoms with E-state index >= 15 is 0 Å². The zero-order chi connectivity index (χ0) is 32.6. The number of halogens is 3. The SMILES string of the molecule is CC1(COCOC2CCC(OCOc3ccc(OC(=O)C4CCC(OCOCC5(C)COC5)CC4)cc3C(F)(F)F)CC2)COC1. The Kier molecular flexibility index (Phi) is 12.2. The quantitative estimate of drug-likeness (QED) is 0.0924. The summed E-state index contributed by atoms with van der Waals surface area (Å²) < 4.78 is 91.5. The highest BCUT2D eigenvalue weighted by Crippen LogP contribution is 2.39. The minimum Gasteiger partial charge on any atom is -0.467 e. The first-order chi connectivity index (χ1) is 22.0. The third-order valence-electron chi connectivity index (χ3n) is 9.10. The Morgan fingerprint density at radius 1 is 0.761 bits per heavy atom. The average molecular weight is 661 g/mol. The summed E-state index contributed by atoms with van der Waals surface area (Å²) in [5, 5.41) is 0. The van der Waals surface area contributed by atoms with Crippen LogP contribution in [0.25, 0.3) is 0 Å². The molecule has 0 unspecified atom stereocenters. The van der Waals surface area contributed by atoms with Crippen LogP contribution in [-0.2, 0) is 44.1 Å². The van der Waals surface area contributed by atoms with Crippen LogP contribution < -0.4 is 9.47 Å². The maximum atomic E-state index is 13.9. The van der Waals surface area contributed by atoms with Crippen LogP contribution in [0.15, 0.2) is 18.2 Å². The summed E-state index contributed by atoms with van der Waals surface area (Å²) in [7, 11) is 0. The molecule has 0 N–H and O–H groups in total. The van der Waals surface area contributed by atoms with Crippen molar-refractivity contribution < 1.29 is 60.6 Å². The zero-order valence-electron chi connectivity index (χ0n) is 26.8. The highest BCUT2D eigenvalue weighted by molar-refractivity contribution is 5.75. The van der Waals surface area contributed by atoms with E-state index in [4.69, 9.17) is 42.6 Å². The van der Waals surface area contributed by atoms with E-state index in [1.165, 1.54) is 6.07 Å². The van der Waals surface area contributed by atoms with Gasteiger partial charge in [0.05, 0.1) is 63.9 Å². The molecule has 5 rings (SSSR count). The lowest BCUT2D eigenvalue weighted by atomic mass is 9.87. The topological polar surface area (TPSA) is 100 Å². The third-order valence-corrected chi connectivity index (χ3v) is 9.10. The number of ether oxygens (including phenoxy) is 9. The highest BCUT2D eigenvalue weighted by atomic mass is 19.4. The van der Waals surface area contributed by atoms with Crippen LogP contribution in [-0.4, -0.2) is 84.3 Å². The van der Waals surface area contributed by atoms with E-state index in [0.717, 1.165) is 25.0 Å². The number of alkyl halides is 3. The van der Waals surface area contributed by atoms with Crippen molar-refractivity contribution in [1.82, 2.24) is 0 Å². The van der Waals surface area contributed by atoms with Crippen LogP contribution in [0.3, 0.4) is 0 Å². The molecule has 2 aliphatic heterocycles. The molecule has 2 saturated carbocycles. The smallest absolute Gasteiger partial charge is 0.420 e. The van der Waals surface area contributed by atoms with Gasteiger partial charge in [-0.2, -0.15) is 13.2 Å². The van der Waals surface area contributed by atoms with Crippen LogP contribution in [0.1, 0.15) is 70.8 Å². The van der Waals surface area contributed by atoms with E-state index in [2.05, 4.69) is 13.8 Å². The van der Waals surface area contributed by atoms with Crippen LogP contribution in [0.4, 0.5) is 13.2 Å². The number of rotatable bonds is 16. The lowest BCUT2D eigenvalue weighted by Gasteiger charge is -2.37. The van der Waals surface area contributed by atoms with Gasteiger partial charge >= 0.3 is 12.1 Å². The van der Waals surface area contributed by atoms with E-state index in [1.807, 2.05) is 0 Å². The Balaban J connectivity index is 0.990. The van der Waals surface area contributed by atoms with Gasteiger partial charge in [-0.25, -0.2) is 0 Å². The van der Waals surface area contributed by atoms with E-state index in [0.29, 0.717) is 78.2 Å². The third kappa shape index (κ3) is 10.2. The molecular formula is C33H47F3O10. The molecular weight excluding hydrogens is 613 g/mol. The summed E-state index contributed by atoms with van der Waals surface area (Å²) in [6.45, 7) is 8.20. The van der Waals surface area contributed by atoms with Gasteiger partial charge in [0, 0.05) is 10.8 Å². The van der Waals surface area contributed by atoms with Gasteiger partial charge in [0.15, 0.2) is 6.79 Å². The molecule has 0 radical (unpaired) electrons. The minimum absolute atomic E-state index is 0.0330. The van der Waals surface area contributed by atoms with Crippen molar-refractivity contribution in [3.05, 3.63) is 23.8 Å². The summed E-state index contributed by atoms with van der Waals surface area (Å²) in [5.41, 5.74) is -0.909. The summed E-state index contributed by atoms with van der Waals surface area (Å²) in [6.07, 6.45) is 0.452. The lowest BCUT2D eigenvalue weighted by molar-refractivity contribution is -0.176. The second kappa shape index (κ2) is 15.9. The fourth-order valence-electron chi connectivity index (χ4n) is 6.08. The summed E-state index contributed by atoms with van der Waals surface area (Å²) >= 11 is 0. The summed E-state index contributed by atoms with van der Waals surface area (Å²) in [6, 6.07) is 3.28. The summed E-state index contributed by atoms with van der Waals surface area (Å²) in [5.74, 6) is -1.52. The number of hydrogen-bond donors (Lipinski definition) is 0. The molecule has 0 bridgehead atoms. The van der Waals surface area contributed by atoms with E-state index in [-0.39, 0.29) is 61.0 Å². The second-order valence-electron chi connectivity index (χ2n) is 13.8. The van der Waals surface area contributed by atoms with Crippen LogP contribution >= 0.6 is 0 Å². The number of benzene rings is 1. The first-order valence-electron chi connectivity index (χ1n) is 16.2. The Bertz CT molecular complexity index is 1110. The Morgan fingerprint density at radius 3 is 1.70 bits per heavy atom. The Labute approximate surface area is 268 Å². The van der Waals surface area contributed by atoms with E-state index in [1.54, 1.807) is 0 Å². The second-order valence-corrected chi connectivity index (χ2v) is 13.8. The van der Waals surface area contributed by atoms with Gasteiger partial charge in [-0.05, 0) is 69.6 Å². The van der Waals surface area contributed by atoms with Crippen molar-refractivity contribution in [2.75, 3.05) is 60.0 Å². The molecule has 0 atom stereocenters. The standard InChI is InChI=1S/C33H47F3O10/c1-31(14-38-15-31)18-40-20-42-24-5-3-23(4-6-24)30(37)46-27-11-12-29(28(13-27)33(34,35)36)45-22-44-26-9-7-25(8-10-26)43-21-41-19-32(2)16-39-17-32/h11-13,23-26H,3-10,14-22H2,1-2H3. The van der Waals surface area contributed by atoms with Gasteiger partial charge in [0.2, 0.25) is 0 Å². The molecule has 260 valence electrons.